The monoisotopic (exact) mass is 333 g/mol. The first-order chi connectivity index (χ1) is 10.4. The van der Waals surface area contributed by atoms with E-state index >= 15 is 0 Å². The molecule has 3 nitrogen and oxygen atoms in total. The number of nitrogens with one attached hydrogen (secondary N) is 1. The minimum Gasteiger partial charge on any atom is -0.207 e. The summed E-state index contributed by atoms with van der Waals surface area (Å²) in [4.78, 5) is 0.280. The number of rotatable bonds is 3. The van der Waals surface area contributed by atoms with Gasteiger partial charge in [0.1, 0.15) is 0 Å². The fraction of sp³-hybridized carbons (Fsp3) is 0.176. The molecule has 0 fully saturated rings. The van der Waals surface area contributed by atoms with E-state index in [-0.39, 0.29) is 11.4 Å². The predicted molar refractivity (Wildman–Crippen MR) is 89.4 cm³/mol. The molecule has 0 amide bonds. The maximum absolute atomic E-state index is 12.2. The lowest BCUT2D eigenvalue weighted by Crippen LogP contribution is -2.24. The van der Waals surface area contributed by atoms with Crippen LogP contribution >= 0.6 is 11.6 Å². The van der Waals surface area contributed by atoms with E-state index < -0.39 is 10.0 Å². The van der Waals surface area contributed by atoms with Gasteiger partial charge in [-0.2, -0.15) is 4.72 Å². The van der Waals surface area contributed by atoms with Gasteiger partial charge < -0.3 is 0 Å². The summed E-state index contributed by atoms with van der Waals surface area (Å²) in [6.07, 6.45) is 0. The molecule has 0 aliphatic rings. The van der Waals surface area contributed by atoms with Crippen molar-refractivity contribution in [3.8, 4) is 11.8 Å². The fourth-order valence-corrected chi connectivity index (χ4v) is 3.36. The van der Waals surface area contributed by atoms with Crippen LogP contribution in [0.2, 0.25) is 5.02 Å². The summed E-state index contributed by atoms with van der Waals surface area (Å²) in [7, 11) is -3.55. The van der Waals surface area contributed by atoms with Gasteiger partial charge in [-0.1, -0.05) is 47.2 Å². The van der Waals surface area contributed by atoms with Crippen molar-refractivity contribution in [2.24, 2.45) is 0 Å². The second-order valence-electron chi connectivity index (χ2n) is 4.91. The van der Waals surface area contributed by atoms with Crippen molar-refractivity contribution in [2.75, 3.05) is 6.54 Å². The summed E-state index contributed by atoms with van der Waals surface area (Å²) < 4.78 is 26.9. The van der Waals surface area contributed by atoms with Crippen LogP contribution in [0.25, 0.3) is 0 Å². The van der Waals surface area contributed by atoms with Crippen molar-refractivity contribution >= 4 is 21.6 Å². The molecule has 0 aliphatic carbocycles. The van der Waals surface area contributed by atoms with Crippen LogP contribution in [-0.4, -0.2) is 15.0 Å². The third-order valence-corrected chi connectivity index (χ3v) is 4.82. The van der Waals surface area contributed by atoms with Crippen LogP contribution in [0.3, 0.4) is 0 Å². The Bertz CT molecular complexity index is 848. The first-order valence-corrected chi connectivity index (χ1v) is 8.56. The molecule has 0 saturated carbocycles. The molecule has 0 saturated heterocycles. The number of halogens is 1. The quantitative estimate of drug-likeness (QED) is 0.876. The minimum atomic E-state index is -3.55. The average molecular weight is 334 g/mol. The van der Waals surface area contributed by atoms with E-state index in [0.717, 1.165) is 16.7 Å². The molecule has 0 spiro atoms. The Kier molecular flexibility index (Phi) is 5.25. The van der Waals surface area contributed by atoms with E-state index in [1.165, 1.54) is 0 Å². The second kappa shape index (κ2) is 6.97. The third kappa shape index (κ3) is 4.35. The van der Waals surface area contributed by atoms with Crippen LogP contribution in [0.15, 0.2) is 47.4 Å². The average Bonchev–Trinajstić information content (AvgIpc) is 2.43. The fourth-order valence-electron chi connectivity index (χ4n) is 2.02. The summed E-state index contributed by atoms with van der Waals surface area (Å²) in [5, 5.41) is 0.600. The zero-order valence-electron chi connectivity index (χ0n) is 12.4. The summed E-state index contributed by atoms with van der Waals surface area (Å²) in [6, 6.07) is 12.3. The van der Waals surface area contributed by atoms with Crippen LogP contribution < -0.4 is 4.72 Å². The van der Waals surface area contributed by atoms with Gasteiger partial charge in [0.15, 0.2) is 0 Å². The van der Waals surface area contributed by atoms with Gasteiger partial charge in [0.2, 0.25) is 10.0 Å². The van der Waals surface area contributed by atoms with Crippen LogP contribution in [-0.2, 0) is 10.0 Å². The Morgan fingerprint density at radius 2 is 1.91 bits per heavy atom. The first-order valence-electron chi connectivity index (χ1n) is 6.70. The smallest absolute Gasteiger partial charge is 0.207 e. The highest BCUT2D eigenvalue weighted by molar-refractivity contribution is 7.89. The lowest BCUT2D eigenvalue weighted by Gasteiger charge is -2.07. The van der Waals surface area contributed by atoms with Crippen molar-refractivity contribution in [3.05, 3.63) is 64.2 Å². The van der Waals surface area contributed by atoms with Gasteiger partial charge in [0.05, 0.1) is 11.4 Å². The lowest BCUT2D eigenvalue weighted by atomic mass is 10.2. The maximum atomic E-state index is 12.2. The van der Waals surface area contributed by atoms with Crippen LogP contribution in [0.4, 0.5) is 0 Å². The first kappa shape index (κ1) is 16.6. The zero-order chi connectivity index (χ0) is 16.2. The molecule has 0 radical (unpaired) electrons. The van der Waals surface area contributed by atoms with Gasteiger partial charge in [-0.05, 0) is 43.7 Å². The molecular weight excluding hydrogens is 318 g/mol. The third-order valence-electron chi connectivity index (χ3n) is 3.03. The van der Waals surface area contributed by atoms with Gasteiger partial charge in [0.25, 0.3) is 0 Å². The van der Waals surface area contributed by atoms with Gasteiger partial charge in [-0.15, -0.1) is 0 Å². The van der Waals surface area contributed by atoms with E-state index in [4.69, 9.17) is 11.6 Å². The van der Waals surface area contributed by atoms with Crippen molar-refractivity contribution in [3.63, 3.8) is 0 Å². The summed E-state index contributed by atoms with van der Waals surface area (Å²) >= 11 is 5.86. The topological polar surface area (TPSA) is 46.2 Å². The van der Waals surface area contributed by atoms with Gasteiger partial charge in [-0.3, -0.25) is 0 Å². The molecule has 0 bridgehead atoms. The number of hydrogen-bond donors (Lipinski definition) is 1. The molecule has 2 aromatic carbocycles. The molecule has 2 rings (SSSR count). The number of aryl methyl sites for hydroxylation is 2. The molecule has 0 aliphatic heterocycles. The molecular formula is C17H16ClNO2S. The Morgan fingerprint density at radius 1 is 1.14 bits per heavy atom. The SMILES string of the molecule is Cc1ccc(S(=O)(=O)NCC#Cc2cccc(Cl)c2)c(C)c1. The Morgan fingerprint density at radius 3 is 2.59 bits per heavy atom. The van der Waals surface area contributed by atoms with E-state index in [1.807, 2.05) is 19.1 Å². The molecule has 2 aromatic rings. The van der Waals surface area contributed by atoms with Crippen molar-refractivity contribution in [1.29, 1.82) is 0 Å². The summed E-state index contributed by atoms with van der Waals surface area (Å²) in [5.41, 5.74) is 2.49. The molecule has 0 heterocycles. The standard InChI is InChI=1S/C17H16ClNO2S/c1-13-8-9-17(14(2)11-13)22(20,21)19-10-4-6-15-5-3-7-16(18)12-15/h3,5,7-9,11-12,19H,10H2,1-2H3. The Hall–Kier alpha value is -1.80. The second-order valence-corrected chi connectivity index (χ2v) is 7.08. The molecule has 0 aromatic heterocycles. The van der Waals surface area contributed by atoms with Gasteiger partial charge in [-0.25, -0.2) is 8.42 Å². The largest absolute Gasteiger partial charge is 0.241 e. The molecule has 1 N–H and O–H groups in total. The number of sulfonamides is 1. The van der Waals surface area contributed by atoms with Crippen molar-refractivity contribution in [1.82, 2.24) is 4.72 Å². The molecule has 22 heavy (non-hydrogen) atoms. The van der Waals surface area contributed by atoms with E-state index in [0.29, 0.717) is 5.02 Å². The Balaban J connectivity index is 2.08. The van der Waals surface area contributed by atoms with Crippen LogP contribution in [0, 0.1) is 25.7 Å². The van der Waals surface area contributed by atoms with Crippen molar-refractivity contribution in [2.45, 2.75) is 18.7 Å². The highest BCUT2D eigenvalue weighted by Crippen LogP contribution is 2.16. The van der Waals surface area contributed by atoms with Gasteiger partial charge in [0, 0.05) is 10.6 Å². The van der Waals surface area contributed by atoms with Crippen molar-refractivity contribution < 1.29 is 8.42 Å². The van der Waals surface area contributed by atoms with Gasteiger partial charge >= 0.3 is 0 Å². The molecule has 0 unspecified atom stereocenters. The predicted octanol–water partition coefficient (Wildman–Crippen LogP) is 3.29. The molecule has 114 valence electrons. The maximum Gasteiger partial charge on any atom is 0.241 e. The van der Waals surface area contributed by atoms with Crippen LogP contribution in [0.5, 0.6) is 0 Å². The summed E-state index contributed by atoms with van der Waals surface area (Å²) in [6.45, 7) is 3.74. The highest BCUT2D eigenvalue weighted by Gasteiger charge is 2.15. The lowest BCUT2D eigenvalue weighted by molar-refractivity contribution is 0.585. The normalized spacial score (nSPS) is 10.9. The molecule has 5 heteroatoms. The van der Waals surface area contributed by atoms with E-state index in [2.05, 4.69) is 16.6 Å². The van der Waals surface area contributed by atoms with Crippen LogP contribution in [0.1, 0.15) is 16.7 Å². The van der Waals surface area contributed by atoms with E-state index in [1.54, 1.807) is 37.3 Å². The zero-order valence-corrected chi connectivity index (χ0v) is 13.9. The summed E-state index contributed by atoms with van der Waals surface area (Å²) in [5.74, 6) is 5.66. The highest BCUT2D eigenvalue weighted by atomic mass is 35.5. The number of benzene rings is 2. The Labute approximate surface area is 136 Å². The van der Waals surface area contributed by atoms with E-state index in [9.17, 15) is 8.42 Å². The minimum absolute atomic E-state index is 0.0438. The number of hydrogen-bond acceptors (Lipinski definition) is 2. The molecule has 0 atom stereocenters.